The summed E-state index contributed by atoms with van der Waals surface area (Å²) < 4.78 is 12.7. The standard InChI is InChI=1S/C16H22BrNO2/c1-10(2)14-11(8-12-4-3-5-18-12)9-13(17)15-16(14)20-7-6-19-15/h9-10,12,18H,3-8H2,1-2H3. The normalized spacial score (nSPS) is 21.5. The maximum atomic E-state index is 5.93. The number of rotatable bonds is 3. The predicted molar refractivity (Wildman–Crippen MR) is 83.9 cm³/mol. The zero-order valence-corrected chi connectivity index (χ0v) is 13.8. The number of hydrogen-bond acceptors (Lipinski definition) is 3. The molecular formula is C16H22BrNO2. The monoisotopic (exact) mass is 339 g/mol. The summed E-state index contributed by atoms with van der Waals surface area (Å²) in [5, 5.41) is 3.58. The van der Waals surface area contributed by atoms with Crippen LogP contribution in [0.5, 0.6) is 11.5 Å². The zero-order valence-electron chi connectivity index (χ0n) is 12.2. The van der Waals surface area contributed by atoms with E-state index in [1.54, 1.807) is 0 Å². The van der Waals surface area contributed by atoms with E-state index < -0.39 is 0 Å². The third kappa shape index (κ3) is 2.68. The van der Waals surface area contributed by atoms with Crippen molar-refractivity contribution < 1.29 is 9.47 Å². The third-order valence-electron chi connectivity index (χ3n) is 4.10. The Morgan fingerprint density at radius 3 is 2.70 bits per heavy atom. The van der Waals surface area contributed by atoms with E-state index in [1.807, 2.05) is 0 Å². The van der Waals surface area contributed by atoms with Gasteiger partial charge in [-0.25, -0.2) is 0 Å². The van der Waals surface area contributed by atoms with Crippen molar-refractivity contribution in [3.8, 4) is 11.5 Å². The Labute approximate surface area is 129 Å². The molecule has 1 fully saturated rings. The molecule has 2 aliphatic rings. The van der Waals surface area contributed by atoms with E-state index in [0.29, 0.717) is 25.2 Å². The fraction of sp³-hybridized carbons (Fsp3) is 0.625. The summed E-state index contributed by atoms with van der Waals surface area (Å²) >= 11 is 3.64. The molecule has 1 aromatic carbocycles. The lowest BCUT2D eigenvalue weighted by molar-refractivity contribution is 0.168. The van der Waals surface area contributed by atoms with E-state index >= 15 is 0 Å². The van der Waals surface area contributed by atoms with Crippen LogP contribution in [-0.2, 0) is 6.42 Å². The van der Waals surface area contributed by atoms with Crippen LogP contribution in [0.25, 0.3) is 0 Å². The van der Waals surface area contributed by atoms with E-state index in [1.165, 1.54) is 24.0 Å². The van der Waals surface area contributed by atoms with Gasteiger partial charge in [0.25, 0.3) is 0 Å². The van der Waals surface area contributed by atoms with Crippen LogP contribution in [0.1, 0.15) is 43.7 Å². The predicted octanol–water partition coefficient (Wildman–Crippen LogP) is 3.64. The lowest BCUT2D eigenvalue weighted by Crippen LogP contribution is -2.25. The molecule has 0 amide bonds. The molecule has 0 aromatic heterocycles. The van der Waals surface area contributed by atoms with Gasteiger partial charge in [-0.3, -0.25) is 0 Å². The second kappa shape index (κ2) is 5.94. The van der Waals surface area contributed by atoms with Crippen molar-refractivity contribution in [3.05, 3.63) is 21.7 Å². The summed E-state index contributed by atoms with van der Waals surface area (Å²) in [5.74, 6) is 2.27. The van der Waals surface area contributed by atoms with Gasteiger partial charge in [0, 0.05) is 11.6 Å². The highest BCUT2D eigenvalue weighted by Crippen LogP contribution is 2.45. The van der Waals surface area contributed by atoms with Crippen LogP contribution in [0.2, 0.25) is 0 Å². The van der Waals surface area contributed by atoms with Crippen molar-refractivity contribution in [2.45, 2.75) is 45.1 Å². The summed E-state index contributed by atoms with van der Waals surface area (Å²) in [7, 11) is 0. The molecule has 1 N–H and O–H groups in total. The van der Waals surface area contributed by atoms with Crippen molar-refractivity contribution in [2.75, 3.05) is 19.8 Å². The van der Waals surface area contributed by atoms with Gasteiger partial charge in [0.2, 0.25) is 0 Å². The Kier molecular flexibility index (Phi) is 4.22. The molecule has 20 heavy (non-hydrogen) atoms. The van der Waals surface area contributed by atoms with Crippen molar-refractivity contribution in [2.24, 2.45) is 0 Å². The maximum Gasteiger partial charge on any atom is 0.175 e. The zero-order chi connectivity index (χ0) is 14.1. The summed E-state index contributed by atoms with van der Waals surface area (Å²) in [4.78, 5) is 0. The van der Waals surface area contributed by atoms with Gasteiger partial charge in [0.1, 0.15) is 13.2 Å². The quantitative estimate of drug-likeness (QED) is 0.911. The van der Waals surface area contributed by atoms with Gasteiger partial charge in [-0.05, 0) is 59.3 Å². The smallest absolute Gasteiger partial charge is 0.175 e. The molecule has 0 bridgehead atoms. The minimum Gasteiger partial charge on any atom is -0.486 e. The van der Waals surface area contributed by atoms with Crippen LogP contribution in [0.3, 0.4) is 0 Å². The molecule has 3 rings (SSSR count). The number of benzene rings is 1. The first-order chi connectivity index (χ1) is 9.66. The Hall–Kier alpha value is -0.740. The SMILES string of the molecule is CC(C)c1c(CC2CCCN2)cc(Br)c2c1OCCO2. The van der Waals surface area contributed by atoms with Crippen LogP contribution in [-0.4, -0.2) is 25.8 Å². The fourth-order valence-electron chi connectivity index (χ4n) is 3.24. The molecule has 2 aliphatic heterocycles. The molecular weight excluding hydrogens is 318 g/mol. The van der Waals surface area contributed by atoms with E-state index in [9.17, 15) is 0 Å². The molecule has 1 aromatic rings. The van der Waals surface area contributed by atoms with Crippen LogP contribution >= 0.6 is 15.9 Å². The highest BCUT2D eigenvalue weighted by molar-refractivity contribution is 9.10. The van der Waals surface area contributed by atoms with Gasteiger partial charge < -0.3 is 14.8 Å². The number of nitrogens with one attached hydrogen (secondary N) is 1. The first-order valence-corrected chi connectivity index (χ1v) is 8.30. The second-order valence-corrected chi connectivity index (χ2v) is 6.79. The molecule has 1 unspecified atom stereocenters. The number of ether oxygens (including phenoxy) is 2. The van der Waals surface area contributed by atoms with Crippen LogP contribution in [0.15, 0.2) is 10.5 Å². The van der Waals surface area contributed by atoms with Crippen LogP contribution in [0.4, 0.5) is 0 Å². The second-order valence-electron chi connectivity index (χ2n) is 5.94. The molecule has 1 atom stereocenters. The highest BCUT2D eigenvalue weighted by Gasteiger charge is 2.26. The fourth-order valence-corrected chi connectivity index (χ4v) is 3.81. The van der Waals surface area contributed by atoms with Crippen molar-refractivity contribution in [1.29, 1.82) is 0 Å². The van der Waals surface area contributed by atoms with Gasteiger partial charge >= 0.3 is 0 Å². The van der Waals surface area contributed by atoms with Crippen molar-refractivity contribution in [1.82, 2.24) is 5.32 Å². The largest absolute Gasteiger partial charge is 0.486 e. The first kappa shape index (κ1) is 14.2. The average molecular weight is 340 g/mol. The Balaban J connectivity index is 2.01. The number of hydrogen-bond donors (Lipinski definition) is 1. The van der Waals surface area contributed by atoms with Gasteiger partial charge in [0.15, 0.2) is 11.5 Å². The number of fused-ring (bicyclic) bond motifs is 1. The lowest BCUT2D eigenvalue weighted by atomic mass is 9.91. The summed E-state index contributed by atoms with van der Waals surface area (Å²) in [6.07, 6.45) is 3.62. The molecule has 0 aliphatic carbocycles. The van der Waals surface area contributed by atoms with E-state index in [-0.39, 0.29) is 0 Å². The molecule has 110 valence electrons. The molecule has 0 radical (unpaired) electrons. The van der Waals surface area contributed by atoms with Gasteiger partial charge in [-0.15, -0.1) is 0 Å². The molecule has 4 heteroatoms. The number of halogens is 1. The molecule has 3 nitrogen and oxygen atoms in total. The summed E-state index contributed by atoms with van der Waals surface area (Å²) in [5.41, 5.74) is 2.70. The third-order valence-corrected chi connectivity index (χ3v) is 4.69. The Morgan fingerprint density at radius 1 is 1.30 bits per heavy atom. The summed E-state index contributed by atoms with van der Waals surface area (Å²) in [6.45, 7) is 6.88. The topological polar surface area (TPSA) is 30.5 Å². The van der Waals surface area contributed by atoms with Crippen LogP contribution in [0, 0.1) is 0 Å². The van der Waals surface area contributed by atoms with Gasteiger partial charge in [0.05, 0.1) is 4.47 Å². The van der Waals surface area contributed by atoms with E-state index in [4.69, 9.17) is 9.47 Å². The van der Waals surface area contributed by atoms with E-state index in [0.717, 1.165) is 28.9 Å². The summed E-state index contributed by atoms with van der Waals surface area (Å²) in [6, 6.07) is 2.82. The molecule has 0 spiro atoms. The first-order valence-electron chi connectivity index (χ1n) is 7.51. The van der Waals surface area contributed by atoms with Gasteiger partial charge in [-0.1, -0.05) is 13.8 Å². The minimum atomic E-state index is 0.440. The maximum absolute atomic E-state index is 5.93. The van der Waals surface area contributed by atoms with E-state index in [2.05, 4.69) is 41.2 Å². The molecule has 2 heterocycles. The van der Waals surface area contributed by atoms with Crippen LogP contribution < -0.4 is 14.8 Å². The lowest BCUT2D eigenvalue weighted by Gasteiger charge is -2.27. The average Bonchev–Trinajstić information content (AvgIpc) is 2.91. The Morgan fingerprint density at radius 2 is 2.05 bits per heavy atom. The van der Waals surface area contributed by atoms with Gasteiger partial charge in [-0.2, -0.15) is 0 Å². The van der Waals surface area contributed by atoms with Crippen molar-refractivity contribution >= 4 is 15.9 Å². The highest BCUT2D eigenvalue weighted by atomic mass is 79.9. The Bertz CT molecular complexity index is 496. The molecule has 0 saturated carbocycles. The minimum absolute atomic E-state index is 0.440. The molecule has 1 saturated heterocycles. The van der Waals surface area contributed by atoms with Crippen molar-refractivity contribution in [3.63, 3.8) is 0 Å².